The van der Waals surface area contributed by atoms with E-state index in [2.05, 4.69) is 15.1 Å². The van der Waals surface area contributed by atoms with E-state index in [-0.39, 0.29) is 16.9 Å². The smallest absolute Gasteiger partial charge is 0.146 e. The lowest BCUT2D eigenvalue weighted by Gasteiger charge is -2.23. The molecule has 0 saturated carbocycles. The fourth-order valence-electron chi connectivity index (χ4n) is 2.82. The molecular formula is C16H18ClFN4O. The maximum atomic E-state index is 13.0. The molecule has 0 amide bonds. The molecule has 2 aromatic rings. The van der Waals surface area contributed by atoms with Gasteiger partial charge in [-0.15, -0.1) is 5.10 Å². The molecule has 0 aliphatic carbocycles. The van der Waals surface area contributed by atoms with Crippen molar-refractivity contribution in [3.63, 3.8) is 0 Å². The Bertz CT molecular complexity index is 668. The van der Waals surface area contributed by atoms with Crippen LogP contribution in [0.2, 0.25) is 5.02 Å². The summed E-state index contributed by atoms with van der Waals surface area (Å²) in [6, 6.07) is 8.06. The topological polar surface area (TPSA) is 64.3 Å². The van der Waals surface area contributed by atoms with E-state index in [0.29, 0.717) is 18.2 Å². The van der Waals surface area contributed by atoms with Gasteiger partial charge in [0, 0.05) is 6.54 Å². The molecule has 0 spiro atoms. The van der Waals surface area contributed by atoms with Crippen molar-refractivity contribution in [2.45, 2.75) is 18.9 Å². The molecule has 3 rings (SSSR count). The maximum Gasteiger partial charge on any atom is 0.146 e. The van der Waals surface area contributed by atoms with Gasteiger partial charge < -0.3 is 10.5 Å². The molecule has 1 unspecified atom stereocenters. The van der Waals surface area contributed by atoms with E-state index in [1.54, 1.807) is 12.1 Å². The van der Waals surface area contributed by atoms with Crippen molar-refractivity contribution in [2.24, 2.45) is 0 Å². The fraction of sp³-hybridized carbons (Fsp3) is 0.375. The van der Waals surface area contributed by atoms with Crippen LogP contribution in [0.3, 0.4) is 0 Å². The van der Waals surface area contributed by atoms with Gasteiger partial charge in [-0.3, -0.25) is 4.90 Å². The van der Waals surface area contributed by atoms with Crippen molar-refractivity contribution in [1.82, 2.24) is 15.1 Å². The van der Waals surface area contributed by atoms with Crippen LogP contribution in [0.1, 0.15) is 24.6 Å². The molecule has 1 atom stereocenters. The number of ether oxygens (including phenoxy) is 1. The lowest BCUT2D eigenvalue weighted by Crippen LogP contribution is -2.28. The van der Waals surface area contributed by atoms with Crippen LogP contribution in [0, 0.1) is 5.82 Å². The van der Waals surface area contributed by atoms with Crippen LogP contribution in [-0.4, -0.2) is 34.8 Å². The highest BCUT2D eigenvalue weighted by molar-refractivity contribution is 6.32. The first-order valence-corrected chi connectivity index (χ1v) is 7.92. The summed E-state index contributed by atoms with van der Waals surface area (Å²) in [6.45, 7) is 2.20. The van der Waals surface area contributed by atoms with Crippen LogP contribution in [0.4, 0.5) is 10.2 Å². The Kier molecular flexibility index (Phi) is 4.93. The Hall–Kier alpha value is -1.92. The van der Waals surface area contributed by atoms with Gasteiger partial charge in [-0.2, -0.15) is 5.10 Å². The number of benzene rings is 1. The maximum absolute atomic E-state index is 13.0. The molecule has 1 aliphatic heterocycles. The van der Waals surface area contributed by atoms with E-state index in [9.17, 15) is 4.39 Å². The summed E-state index contributed by atoms with van der Waals surface area (Å²) in [5.41, 5.74) is 6.51. The number of anilines is 1. The van der Waals surface area contributed by atoms with Crippen LogP contribution < -0.4 is 10.5 Å². The summed E-state index contributed by atoms with van der Waals surface area (Å²) in [5, 5.41) is 8.39. The lowest BCUT2D eigenvalue weighted by atomic mass is 10.1. The minimum Gasteiger partial charge on any atom is -0.491 e. The van der Waals surface area contributed by atoms with Gasteiger partial charge in [-0.05, 0) is 49.7 Å². The van der Waals surface area contributed by atoms with Crippen LogP contribution in [0.15, 0.2) is 30.3 Å². The van der Waals surface area contributed by atoms with Gasteiger partial charge in [-0.1, -0.05) is 11.6 Å². The van der Waals surface area contributed by atoms with Gasteiger partial charge in [0.1, 0.15) is 24.0 Å². The molecule has 5 nitrogen and oxygen atoms in total. The predicted molar refractivity (Wildman–Crippen MR) is 86.9 cm³/mol. The molecule has 1 aliphatic rings. The standard InChI is InChI=1S/C16H18ClFN4O/c17-12-10-11(18)3-5-15(12)23-9-8-22-7-1-2-14(22)13-4-6-16(19)21-20-13/h3-6,10,14H,1-2,7-9H2,(H2,19,21). The lowest BCUT2D eigenvalue weighted by molar-refractivity contribution is 0.195. The number of nitrogen functional groups attached to an aromatic ring is 1. The number of halogens is 2. The second-order valence-corrected chi connectivity index (χ2v) is 5.91. The number of nitrogens with zero attached hydrogens (tertiary/aromatic N) is 3. The Morgan fingerprint density at radius 2 is 2.17 bits per heavy atom. The normalized spacial score (nSPS) is 18.3. The van der Waals surface area contributed by atoms with Crippen molar-refractivity contribution in [3.05, 3.63) is 46.9 Å². The second kappa shape index (κ2) is 7.10. The molecule has 1 aromatic heterocycles. The molecule has 7 heteroatoms. The molecule has 122 valence electrons. The minimum atomic E-state index is -0.371. The average molecular weight is 337 g/mol. The number of likely N-dealkylation sites (tertiary alicyclic amines) is 1. The van der Waals surface area contributed by atoms with E-state index in [1.165, 1.54) is 12.1 Å². The van der Waals surface area contributed by atoms with Gasteiger partial charge in [0.2, 0.25) is 0 Å². The summed E-state index contributed by atoms with van der Waals surface area (Å²) in [6.07, 6.45) is 2.14. The number of rotatable bonds is 5. The Balaban J connectivity index is 1.57. The number of hydrogen-bond donors (Lipinski definition) is 1. The summed E-state index contributed by atoms with van der Waals surface area (Å²) >= 11 is 5.96. The molecule has 1 aromatic carbocycles. The number of nitrogens with two attached hydrogens (primary N) is 1. The molecular weight excluding hydrogens is 319 g/mol. The zero-order valence-corrected chi connectivity index (χ0v) is 13.3. The molecule has 0 radical (unpaired) electrons. The van der Waals surface area contributed by atoms with E-state index in [1.807, 2.05) is 6.07 Å². The van der Waals surface area contributed by atoms with Crippen molar-refractivity contribution in [2.75, 3.05) is 25.4 Å². The van der Waals surface area contributed by atoms with Gasteiger partial charge in [-0.25, -0.2) is 4.39 Å². The summed E-state index contributed by atoms with van der Waals surface area (Å²) in [7, 11) is 0. The largest absolute Gasteiger partial charge is 0.491 e. The highest BCUT2D eigenvalue weighted by Crippen LogP contribution is 2.30. The summed E-state index contributed by atoms with van der Waals surface area (Å²) in [5.74, 6) is 0.549. The Morgan fingerprint density at radius 1 is 1.30 bits per heavy atom. The summed E-state index contributed by atoms with van der Waals surface area (Å²) < 4.78 is 18.7. The zero-order valence-electron chi connectivity index (χ0n) is 12.6. The zero-order chi connectivity index (χ0) is 16.2. The third-order valence-corrected chi connectivity index (χ3v) is 4.24. The van der Waals surface area contributed by atoms with Crippen molar-refractivity contribution in [3.8, 4) is 5.75 Å². The first-order chi connectivity index (χ1) is 11.1. The quantitative estimate of drug-likeness (QED) is 0.909. The van der Waals surface area contributed by atoms with Crippen molar-refractivity contribution in [1.29, 1.82) is 0 Å². The highest BCUT2D eigenvalue weighted by atomic mass is 35.5. The van der Waals surface area contributed by atoms with Crippen LogP contribution in [0.5, 0.6) is 5.75 Å². The van der Waals surface area contributed by atoms with E-state index < -0.39 is 0 Å². The van der Waals surface area contributed by atoms with E-state index in [4.69, 9.17) is 22.1 Å². The molecule has 2 N–H and O–H groups in total. The number of aromatic nitrogens is 2. The molecule has 23 heavy (non-hydrogen) atoms. The van der Waals surface area contributed by atoms with Crippen molar-refractivity contribution < 1.29 is 9.13 Å². The van der Waals surface area contributed by atoms with Crippen LogP contribution in [-0.2, 0) is 0 Å². The molecule has 2 heterocycles. The van der Waals surface area contributed by atoms with Gasteiger partial charge >= 0.3 is 0 Å². The second-order valence-electron chi connectivity index (χ2n) is 5.50. The average Bonchev–Trinajstić information content (AvgIpc) is 2.99. The number of hydrogen-bond acceptors (Lipinski definition) is 5. The predicted octanol–water partition coefficient (Wildman–Crippen LogP) is 3.07. The van der Waals surface area contributed by atoms with Gasteiger partial charge in [0.05, 0.1) is 16.8 Å². The highest BCUT2D eigenvalue weighted by Gasteiger charge is 2.27. The first kappa shape index (κ1) is 16.0. The molecule has 1 saturated heterocycles. The monoisotopic (exact) mass is 336 g/mol. The van der Waals surface area contributed by atoms with Gasteiger partial charge in [0.15, 0.2) is 0 Å². The van der Waals surface area contributed by atoms with Crippen LogP contribution in [0.25, 0.3) is 0 Å². The first-order valence-electron chi connectivity index (χ1n) is 7.54. The third-order valence-electron chi connectivity index (χ3n) is 3.94. The molecule has 1 fully saturated rings. The van der Waals surface area contributed by atoms with Crippen LogP contribution >= 0.6 is 11.6 Å². The van der Waals surface area contributed by atoms with Gasteiger partial charge in [0.25, 0.3) is 0 Å². The minimum absolute atomic E-state index is 0.232. The third kappa shape index (κ3) is 3.89. The molecule has 0 bridgehead atoms. The summed E-state index contributed by atoms with van der Waals surface area (Å²) in [4.78, 5) is 2.30. The Morgan fingerprint density at radius 3 is 2.91 bits per heavy atom. The van der Waals surface area contributed by atoms with Crippen molar-refractivity contribution >= 4 is 17.4 Å². The fourth-order valence-corrected chi connectivity index (χ4v) is 3.05. The van der Waals surface area contributed by atoms with E-state index in [0.717, 1.165) is 31.6 Å². The Labute approximate surface area is 139 Å². The SMILES string of the molecule is Nc1ccc(C2CCCN2CCOc2ccc(F)cc2Cl)nn1. The van der Waals surface area contributed by atoms with E-state index >= 15 is 0 Å².